The normalized spacial score (nSPS) is 12.5. The molecule has 6 heteroatoms. The van der Waals surface area contributed by atoms with Gasteiger partial charge >= 0.3 is 17.9 Å². The maximum absolute atomic E-state index is 12.8. The van der Waals surface area contributed by atoms with Crippen molar-refractivity contribution in [2.75, 3.05) is 13.2 Å². The maximum Gasteiger partial charge on any atom is 0.306 e. The van der Waals surface area contributed by atoms with E-state index in [1.807, 2.05) is 6.08 Å². The summed E-state index contributed by atoms with van der Waals surface area (Å²) in [5, 5.41) is 0. The fourth-order valence-electron chi connectivity index (χ4n) is 9.06. The van der Waals surface area contributed by atoms with Crippen molar-refractivity contribution in [3.8, 4) is 0 Å². The van der Waals surface area contributed by atoms with Crippen LogP contribution in [0.4, 0.5) is 0 Å². The molecule has 0 aromatic rings. The molecule has 0 rings (SSSR count). The molecule has 0 aliphatic heterocycles. The van der Waals surface area contributed by atoms with Crippen LogP contribution in [0.25, 0.3) is 0 Å². The fourth-order valence-corrected chi connectivity index (χ4v) is 9.06. The predicted molar refractivity (Wildman–Crippen MR) is 316 cm³/mol. The number of esters is 3. The largest absolute Gasteiger partial charge is 0.462 e. The zero-order valence-corrected chi connectivity index (χ0v) is 48.4. The van der Waals surface area contributed by atoms with E-state index in [1.54, 1.807) is 0 Å². The van der Waals surface area contributed by atoms with Crippen LogP contribution in [0, 0.1) is 0 Å². The maximum atomic E-state index is 12.8. The smallest absolute Gasteiger partial charge is 0.306 e. The number of hydrogen-bond donors (Lipinski definition) is 0. The van der Waals surface area contributed by atoms with Crippen LogP contribution in [0.3, 0.4) is 0 Å². The summed E-state index contributed by atoms with van der Waals surface area (Å²) in [4.78, 5) is 38.1. The first kappa shape index (κ1) is 69.8. The Bertz CT molecular complexity index is 1360. The zero-order chi connectivity index (χ0) is 52.9. The molecule has 422 valence electrons. The Morgan fingerprint density at radius 2 is 0.534 bits per heavy atom. The number of unbranched alkanes of at least 4 members (excludes halogenated alkanes) is 34. The second-order valence-corrected chi connectivity index (χ2v) is 21.0. The Kier molecular flexibility index (Phi) is 58.7. The molecular weight excluding hydrogens is 901 g/mol. The molecule has 1 unspecified atom stereocenters. The molecule has 0 spiro atoms. The van der Waals surface area contributed by atoms with Gasteiger partial charge in [-0.05, 0) is 57.8 Å². The van der Waals surface area contributed by atoms with Crippen LogP contribution in [0.2, 0.25) is 0 Å². The molecule has 0 bridgehead atoms. The van der Waals surface area contributed by atoms with Crippen LogP contribution in [-0.2, 0) is 28.6 Å². The van der Waals surface area contributed by atoms with Gasteiger partial charge in [-0.3, -0.25) is 14.4 Å². The highest BCUT2D eigenvalue weighted by Gasteiger charge is 2.19. The van der Waals surface area contributed by atoms with Gasteiger partial charge in [0.15, 0.2) is 6.10 Å². The third kappa shape index (κ3) is 59.6. The van der Waals surface area contributed by atoms with E-state index in [0.29, 0.717) is 19.3 Å². The number of allylic oxidation sites excluding steroid dienone is 12. The highest BCUT2D eigenvalue weighted by molar-refractivity contribution is 5.71. The Morgan fingerprint density at radius 3 is 0.808 bits per heavy atom. The van der Waals surface area contributed by atoms with Crippen LogP contribution in [0.15, 0.2) is 72.9 Å². The van der Waals surface area contributed by atoms with Gasteiger partial charge in [0.1, 0.15) is 13.2 Å². The van der Waals surface area contributed by atoms with Gasteiger partial charge in [-0.25, -0.2) is 0 Å². The van der Waals surface area contributed by atoms with Crippen molar-refractivity contribution < 1.29 is 28.6 Å². The lowest BCUT2D eigenvalue weighted by molar-refractivity contribution is -0.166. The summed E-state index contributed by atoms with van der Waals surface area (Å²) in [6, 6.07) is 0. The number of carbonyl (C=O) groups excluding carboxylic acids is 3. The Labute approximate surface area is 453 Å². The lowest BCUT2D eigenvalue weighted by atomic mass is 10.0. The van der Waals surface area contributed by atoms with E-state index in [4.69, 9.17) is 14.2 Å². The molecule has 0 N–H and O–H groups in total. The van der Waals surface area contributed by atoms with Gasteiger partial charge in [-0.15, -0.1) is 0 Å². The van der Waals surface area contributed by atoms with Gasteiger partial charge in [0, 0.05) is 19.3 Å². The van der Waals surface area contributed by atoms with Crippen LogP contribution < -0.4 is 0 Å². The van der Waals surface area contributed by atoms with Crippen molar-refractivity contribution in [1.29, 1.82) is 0 Å². The number of ether oxygens (including phenoxy) is 3. The fraction of sp³-hybridized carbons (Fsp3) is 0.776. The number of carbonyl (C=O) groups is 3. The van der Waals surface area contributed by atoms with E-state index in [-0.39, 0.29) is 37.5 Å². The van der Waals surface area contributed by atoms with Crippen molar-refractivity contribution in [2.24, 2.45) is 0 Å². The molecule has 0 aromatic heterocycles. The molecule has 0 aliphatic carbocycles. The first-order valence-electron chi connectivity index (χ1n) is 31.4. The Balaban J connectivity index is 4.22. The van der Waals surface area contributed by atoms with Crippen molar-refractivity contribution in [2.45, 2.75) is 322 Å². The van der Waals surface area contributed by atoms with E-state index < -0.39 is 6.10 Å². The summed E-state index contributed by atoms with van der Waals surface area (Å²) in [6.45, 7) is 6.48. The van der Waals surface area contributed by atoms with E-state index in [1.165, 1.54) is 193 Å². The van der Waals surface area contributed by atoms with Gasteiger partial charge in [-0.2, -0.15) is 0 Å². The first-order chi connectivity index (χ1) is 36.0. The molecule has 0 aromatic carbocycles. The Morgan fingerprint density at radius 1 is 0.288 bits per heavy atom. The molecule has 0 heterocycles. The third-order valence-electron chi connectivity index (χ3n) is 13.7. The van der Waals surface area contributed by atoms with E-state index in [2.05, 4.69) is 87.6 Å². The molecule has 0 aliphatic rings. The number of rotatable bonds is 57. The zero-order valence-electron chi connectivity index (χ0n) is 48.4. The summed E-state index contributed by atoms with van der Waals surface area (Å²) in [6.07, 6.45) is 79.5. The topological polar surface area (TPSA) is 78.9 Å². The summed E-state index contributed by atoms with van der Waals surface area (Å²) < 4.78 is 16.8. The van der Waals surface area contributed by atoms with Crippen LogP contribution in [-0.4, -0.2) is 37.2 Å². The monoisotopic (exact) mass is 1020 g/mol. The second-order valence-electron chi connectivity index (χ2n) is 21.0. The van der Waals surface area contributed by atoms with Crippen molar-refractivity contribution in [3.05, 3.63) is 72.9 Å². The lowest BCUT2D eigenvalue weighted by Crippen LogP contribution is -2.30. The van der Waals surface area contributed by atoms with E-state index in [0.717, 1.165) is 77.0 Å². The third-order valence-corrected chi connectivity index (χ3v) is 13.7. The van der Waals surface area contributed by atoms with Gasteiger partial charge in [0.05, 0.1) is 0 Å². The standard InChI is InChI=1S/C67H118O6/c1-4-7-10-13-16-19-21-23-25-27-29-30-31-32-33-34-35-36-38-39-41-43-45-48-51-54-57-60-66(69)72-63-64(62-71-65(68)59-56-53-50-47-18-15-12-9-6-3)73-67(70)61-58-55-52-49-46-44-42-40-37-28-26-24-22-20-17-14-11-8-5-2/h8,11,17,20,24,26,37,40,44,46,52,55,64H,4-7,9-10,12-16,18-19,21-23,25,27-36,38-39,41-43,45,47-51,53-54,56-63H2,1-3H3/b11-8-,20-17-,26-24-,40-37-,46-44-,55-52-. The predicted octanol–water partition coefficient (Wildman–Crippen LogP) is 21.3. The van der Waals surface area contributed by atoms with Gasteiger partial charge in [0.25, 0.3) is 0 Å². The van der Waals surface area contributed by atoms with Crippen LogP contribution in [0.1, 0.15) is 316 Å². The van der Waals surface area contributed by atoms with Crippen molar-refractivity contribution >= 4 is 17.9 Å². The van der Waals surface area contributed by atoms with Gasteiger partial charge in [0.2, 0.25) is 0 Å². The molecule has 0 saturated carbocycles. The van der Waals surface area contributed by atoms with E-state index in [9.17, 15) is 14.4 Å². The van der Waals surface area contributed by atoms with Gasteiger partial charge < -0.3 is 14.2 Å². The quantitative estimate of drug-likeness (QED) is 0.0261. The van der Waals surface area contributed by atoms with Crippen molar-refractivity contribution in [1.82, 2.24) is 0 Å². The summed E-state index contributed by atoms with van der Waals surface area (Å²) >= 11 is 0. The molecule has 0 fully saturated rings. The second kappa shape index (κ2) is 61.4. The average molecular weight is 1020 g/mol. The molecule has 73 heavy (non-hydrogen) atoms. The summed E-state index contributed by atoms with van der Waals surface area (Å²) in [5.41, 5.74) is 0. The minimum Gasteiger partial charge on any atom is -0.462 e. The van der Waals surface area contributed by atoms with Crippen LogP contribution >= 0.6 is 0 Å². The number of hydrogen-bond acceptors (Lipinski definition) is 6. The molecule has 0 saturated heterocycles. The molecule has 6 nitrogen and oxygen atoms in total. The minimum atomic E-state index is -0.812. The minimum absolute atomic E-state index is 0.102. The molecular formula is C67H118O6. The first-order valence-corrected chi connectivity index (χ1v) is 31.4. The van der Waals surface area contributed by atoms with Gasteiger partial charge in [-0.1, -0.05) is 312 Å². The van der Waals surface area contributed by atoms with Crippen LogP contribution in [0.5, 0.6) is 0 Å². The van der Waals surface area contributed by atoms with E-state index >= 15 is 0 Å². The highest BCUT2D eigenvalue weighted by Crippen LogP contribution is 2.17. The lowest BCUT2D eigenvalue weighted by Gasteiger charge is -2.18. The summed E-state index contributed by atoms with van der Waals surface area (Å²) in [7, 11) is 0. The average Bonchev–Trinajstić information content (AvgIpc) is 3.39. The highest BCUT2D eigenvalue weighted by atomic mass is 16.6. The van der Waals surface area contributed by atoms with Crippen molar-refractivity contribution in [3.63, 3.8) is 0 Å². The summed E-state index contributed by atoms with van der Waals surface area (Å²) in [5.74, 6) is -0.977. The molecule has 0 amide bonds. The Hall–Kier alpha value is -3.15. The molecule has 0 radical (unpaired) electrons. The molecule has 1 atom stereocenters. The SMILES string of the molecule is CC/C=C\C/C=C\C/C=C\C/C=C\C/C=C\C/C=C\CCC(=O)OC(COC(=O)CCCCCCCCCCC)COC(=O)CCCCCCCCCCCCCCCCCCCCCCCCCCCCC.